The van der Waals surface area contributed by atoms with Crippen LogP contribution in [0.1, 0.15) is 0 Å². The van der Waals surface area contributed by atoms with Crippen LogP contribution in [0.2, 0.25) is 0 Å². The molecular weight excluding hydrogens is 276 g/mol. The highest BCUT2D eigenvalue weighted by molar-refractivity contribution is 7.17. The summed E-state index contributed by atoms with van der Waals surface area (Å²) in [5.41, 5.74) is 0. The van der Waals surface area contributed by atoms with E-state index in [1.54, 1.807) is 36.1 Å². The summed E-state index contributed by atoms with van der Waals surface area (Å²) < 4.78 is 1.37. The van der Waals surface area contributed by atoms with Gasteiger partial charge in [-0.1, -0.05) is 30.3 Å². The minimum Gasteiger partial charge on any atom is -0.265 e. The van der Waals surface area contributed by atoms with Gasteiger partial charge in [-0.15, -0.1) is 11.3 Å². The maximum atomic E-state index is 3.78. The topological polar surface area (TPSA) is 25.8 Å². The van der Waals surface area contributed by atoms with E-state index >= 15 is 0 Å². The third-order valence-corrected chi connectivity index (χ3v) is 3.39. The molecule has 0 radical (unpaired) electrons. The first-order valence-corrected chi connectivity index (χ1v) is 7.47. The Bertz CT molecular complexity index is 594. The lowest BCUT2D eigenvalue weighted by Gasteiger charge is -1.82. The zero-order valence-electron chi connectivity index (χ0n) is 11.5. The molecule has 0 aliphatic carbocycles. The molecule has 0 atom stereocenters. The summed E-state index contributed by atoms with van der Waals surface area (Å²) in [6.07, 6.45) is 7.00. The second-order valence-electron chi connectivity index (χ2n) is 4.01. The summed E-state index contributed by atoms with van der Waals surface area (Å²) in [5, 5.41) is 3.47. The highest BCUT2D eigenvalue weighted by atomic mass is 32.1. The summed E-state index contributed by atoms with van der Waals surface area (Å²) in [6, 6.07) is 22.0. The largest absolute Gasteiger partial charge is 0.265 e. The first-order valence-electron chi connectivity index (χ1n) is 6.59. The SMILES string of the molecule is c1ccc2sccc2c1.c1ccncc1.c1ccncc1. The lowest BCUT2D eigenvalue weighted by molar-refractivity contribution is 1.33. The third-order valence-electron chi connectivity index (χ3n) is 2.49. The van der Waals surface area contributed by atoms with Crippen LogP contribution in [0.3, 0.4) is 0 Å². The highest BCUT2D eigenvalue weighted by Crippen LogP contribution is 2.18. The fraction of sp³-hybridized carbons (Fsp3) is 0. The van der Waals surface area contributed by atoms with Gasteiger partial charge in [-0.05, 0) is 47.2 Å². The van der Waals surface area contributed by atoms with Crippen molar-refractivity contribution >= 4 is 21.4 Å². The Morgan fingerprint density at radius 3 is 1.57 bits per heavy atom. The van der Waals surface area contributed by atoms with Crippen molar-refractivity contribution < 1.29 is 0 Å². The molecule has 1 aromatic carbocycles. The van der Waals surface area contributed by atoms with E-state index in [2.05, 4.69) is 45.7 Å². The molecule has 0 saturated carbocycles. The lowest BCUT2D eigenvalue weighted by Crippen LogP contribution is -1.58. The van der Waals surface area contributed by atoms with Crippen molar-refractivity contribution in [2.75, 3.05) is 0 Å². The van der Waals surface area contributed by atoms with Crippen molar-refractivity contribution in [1.29, 1.82) is 0 Å². The van der Waals surface area contributed by atoms with Crippen LogP contribution in [0, 0.1) is 0 Å². The van der Waals surface area contributed by atoms with Crippen LogP contribution in [0.5, 0.6) is 0 Å². The van der Waals surface area contributed by atoms with E-state index in [1.807, 2.05) is 36.4 Å². The van der Waals surface area contributed by atoms with Crippen LogP contribution in [0.15, 0.2) is 96.9 Å². The number of hydrogen-bond acceptors (Lipinski definition) is 3. The molecule has 3 heterocycles. The average molecular weight is 292 g/mol. The van der Waals surface area contributed by atoms with Gasteiger partial charge in [0.1, 0.15) is 0 Å². The molecule has 0 spiro atoms. The first-order chi connectivity index (χ1) is 10.5. The Morgan fingerprint density at radius 2 is 1.14 bits per heavy atom. The van der Waals surface area contributed by atoms with Crippen molar-refractivity contribution in [1.82, 2.24) is 9.97 Å². The molecule has 0 unspecified atom stereocenters. The maximum absolute atomic E-state index is 3.78. The van der Waals surface area contributed by atoms with E-state index in [1.165, 1.54) is 10.1 Å². The number of benzene rings is 1. The lowest BCUT2D eigenvalue weighted by atomic mass is 10.3. The molecule has 2 nitrogen and oxygen atoms in total. The minimum absolute atomic E-state index is 1.35. The molecule has 0 fully saturated rings. The van der Waals surface area contributed by atoms with Crippen LogP contribution < -0.4 is 0 Å². The van der Waals surface area contributed by atoms with E-state index in [9.17, 15) is 0 Å². The predicted molar refractivity (Wildman–Crippen MR) is 90.3 cm³/mol. The van der Waals surface area contributed by atoms with Crippen molar-refractivity contribution in [2.24, 2.45) is 0 Å². The van der Waals surface area contributed by atoms with Crippen LogP contribution in [-0.2, 0) is 0 Å². The fourth-order valence-electron chi connectivity index (χ4n) is 1.53. The number of nitrogens with zero attached hydrogens (tertiary/aromatic N) is 2. The average Bonchev–Trinajstić information content (AvgIpc) is 3.08. The highest BCUT2D eigenvalue weighted by Gasteiger charge is 1.87. The maximum Gasteiger partial charge on any atom is 0.0342 e. The van der Waals surface area contributed by atoms with E-state index in [0.717, 1.165) is 0 Å². The smallest absolute Gasteiger partial charge is 0.0342 e. The molecule has 0 N–H and O–H groups in total. The molecule has 21 heavy (non-hydrogen) atoms. The first kappa shape index (κ1) is 14.9. The molecule has 4 aromatic rings. The molecule has 3 heteroatoms. The molecule has 4 rings (SSSR count). The van der Waals surface area contributed by atoms with Gasteiger partial charge in [-0.25, -0.2) is 0 Å². The van der Waals surface area contributed by atoms with Gasteiger partial charge in [0.25, 0.3) is 0 Å². The summed E-state index contributed by atoms with van der Waals surface area (Å²) in [4.78, 5) is 7.57. The van der Waals surface area contributed by atoms with Crippen LogP contribution >= 0.6 is 11.3 Å². The van der Waals surface area contributed by atoms with Gasteiger partial charge in [0, 0.05) is 29.5 Å². The number of rotatable bonds is 0. The van der Waals surface area contributed by atoms with Gasteiger partial charge < -0.3 is 0 Å². The molecule has 104 valence electrons. The van der Waals surface area contributed by atoms with Crippen LogP contribution in [0.25, 0.3) is 10.1 Å². The quantitative estimate of drug-likeness (QED) is 0.452. The van der Waals surface area contributed by atoms with Gasteiger partial charge >= 0.3 is 0 Å². The monoisotopic (exact) mass is 292 g/mol. The summed E-state index contributed by atoms with van der Waals surface area (Å²) in [6.45, 7) is 0. The fourth-order valence-corrected chi connectivity index (χ4v) is 2.32. The van der Waals surface area contributed by atoms with Crippen molar-refractivity contribution in [3.05, 3.63) is 96.9 Å². The molecule has 0 saturated heterocycles. The van der Waals surface area contributed by atoms with Crippen LogP contribution in [0.4, 0.5) is 0 Å². The zero-order chi connectivity index (χ0) is 14.6. The zero-order valence-corrected chi connectivity index (χ0v) is 12.4. The Morgan fingerprint density at radius 1 is 0.571 bits per heavy atom. The summed E-state index contributed by atoms with van der Waals surface area (Å²) >= 11 is 1.79. The normalized spacial score (nSPS) is 8.95. The van der Waals surface area contributed by atoms with Crippen molar-refractivity contribution in [3.8, 4) is 0 Å². The van der Waals surface area contributed by atoms with Gasteiger partial charge in [0.05, 0.1) is 0 Å². The van der Waals surface area contributed by atoms with Gasteiger partial charge in [-0.2, -0.15) is 0 Å². The second kappa shape index (κ2) is 9.39. The minimum atomic E-state index is 1.35. The number of hydrogen-bond donors (Lipinski definition) is 0. The van der Waals surface area contributed by atoms with Crippen LogP contribution in [-0.4, -0.2) is 9.97 Å². The number of pyridine rings is 2. The van der Waals surface area contributed by atoms with Crippen molar-refractivity contribution in [2.45, 2.75) is 0 Å². The Labute approximate surface area is 128 Å². The van der Waals surface area contributed by atoms with E-state index in [-0.39, 0.29) is 0 Å². The summed E-state index contributed by atoms with van der Waals surface area (Å²) in [7, 11) is 0. The molecule has 0 aliphatic rings. The van der Waals surface area contributed by atoms with E-state index < -0.39 is 0 Å². The van der Waals surface area contributed by atoms with E-state index in [0.29, 0.717) is 0 Å². The Hall–Kier alpha value is -2.52. The van der Waals surface area contributed by atoms with E-state index in [4.69, 9.17) is 0 Å². The molecule has 0 aliphatic heterocycles. The molecular formula is C18H16N2S. The summed E-state index contributed by atoms with van der Waals surface area (Å²) in [5.74, 6) is 0. The Balaban J connectivity index is 0.000000120. The van der Waals surface area contributed by atoms with Crippen molar-refractivity contribution in [3.63, 3.8) is 0 Å². The standard InChI is InChI=1S/C8H6S.2C5H5N/c1-2-4-8-7(3-1)5-6-9-8;2*1-2-4-6-5-3-1/h1-6H;2*1-5H. The van der Waals surface area contributed by atoms with Gasteiger partial charge in [-0.3, -0.25) is 9.97 Å². The predicted octanol–water partition coefficient (Wildman–Crippen LogP) is 5.06. The number of aromatic nitrogens is 2. The molecule has 0 bridgehead atoms. The second-order valence-corrected chi connectivity index (χ2v) is 4.96. The van der Waals surface area contributed by atoms with Gasteiger partial charge in [0.15, 0.2) is 0 Å². The molecule has 3 aromatic heterocycles. The number of thiophene rings is 1. The third kappa shape index (κ3) is 5.97. The van der Waals surface area contributed by atoms with Gasteiger partial charge in [0.2, 0.25) is 0 Å². The Kier molecular flexibility index (Phi) is 6.66. The number of fused-ring (bicyclic) bond motifs is 1. The molecule has 0 amide bonds.